The highest BCUT2D eigenvalue weighted by atomic mass is 32.2. The number of aliphatic carboxylic acids is 1. The maximum Gasteiger partial charge on any atom is 0.306 e. The minimum atomic E-state index is -3.64. The molecule has 8 heteroatoms. The molecule has 1 saturated heterocycles. The maximum absolute atomic E-state index is 13.0. The fourth-order valence-corrected chi connectivity index (χ4v) is 4.79. The van der Waals surface area contributed by atoms with Gasteiger partial charge in [0, 0.05) is 32.5 Å². The summed E-state index contributed by atoms with van der Waals surface area (Å²) in [6.45, 7) is 2.57. The summed E-state index contributed by atoms with van der Waals surface area (Å²) in [7, 11) is -2.04. The van der Waals surface area contributed by atoms with Crippen LogP contribution in [0.1, 0.15) is 50.6 Å². The fourth-order valence-electron chi connectivity index (χ4n) is 3.21. The zero-order valence-electron chi connectivity index (χ0n) is 14.8. The van der Waals surface area contributed by atoms with Gasteiger partial charge < -0.3 is 5.11 Å². The SMILES string of the molecule is CCCCC(c1cccnc1)N(C)S(=O)(=O)N1CCC(C(=O)O)CC1. The minimum absolute atomic E-state index is 0.247. The van der Waals surface area contributed by atoms with E-state index in [1.807, 2.05) is 12.1 Å². The van der Waals surface area contributed by atoms with Crippen molar-refractivity contribution in [2.24, 2.45) is 5.92 Å². The summed E-state index contributed by atoms with van der Waals surface area (Å²) in [6.07, 6.45) is 6.72. The van der Waals surface area contributed by atoms with Crippen LogP contribution in [-0.4, -0.2) is 53.2 Å². The largest absolute Gasteiger partial charge is 0.481 e. The Morgan fingerprint density at radius 2 is 2.12 bits per heavy atom. The standard InChI is InChI=1S/C17H27N3O4S/c1-3-4-7-16(15-6-5-10-18-13-15)19(2)25(23,24)20-11-8-14(9-12-20)17(21)22/h5-6,10,13-14,16H,3-4,7-9,11-12H2,1-2H3,(H,21,22). The van der Waals surface area contributed by atoms with Crippen LogP contribution in [0, 0.1) is 5.92 Å². The second-order valence-electron chi connectivity index (χ2n) is 6.48. The van der Waals surface area contributed by atoms with Crippen LogP contribution in [0.4, 0.5) is 0 Å². The Hall–Kier alpha value is -1.51. The van der Waals surface area contributed by atoms with E-state index in [-0.39, 0.29) is 19.1 Å². The second kappa shape index (κ2) is 8.73. The lowest BCUT2D eigenvalue weighted by atomic mass is 9.99. The van der Waals surface area contributed by atoms with E-state index in [1.54, 1.807) is 19.4 Å². The second-order valence-corrected chi connectivity index (χ2v) is 8.47. The molecule has 2 rings (SSSR count). The van der Waals surface area contributed by atoms with Gasteiger partial charge in [0.05, 0.1) is 12.0 Å². The third-order valence-electron chi connectivity index (χ3n) is 4.83. The Labute approximate surface area is 149 Å². The predicted octanol–water partition coefficient (Wildman–Crippen LogP) is 2.29. The number of carboxylic acids is 1. The van der Waals surface area contributed by atoms with Crippen LogP contribution in [-0.2, 0) is 15.0 Å². The van der Waals surface area contributed by atoms with Crippen LogP contribution in [0.25, 0.3) is 0 Å². The fraction of sp³-hybridized carbons (Fsp3) is 0.647. The smallest absolute Gasteiger partial charge is 0.306 e. The number of rotatable bonds is 8. The average molecular weight is 369 g/mol. The Bertz CT molecular complexity index is 658. The van der Waals surface area contributed by atoms with Crippen molar-refractivity contribution in [3.05, 3.63) is 30.1 Å². The monoisotopic (exact) mass is 369 g/mol. The van der Waals surface area contributed by atoms with Gasteiger partial charge in [0.1, 0.15) is 0 Å². The quantitative estimate of drug-likeness (QED) is 0.759. The first-order valence-electron chi connectivity index (χ1n) is 8.73. The molecule has 0 spiro atoms. The molecule has 0 amide bonds. The molecule has 1 N–H and O–H groups in total. The molecule has 7 nitrogen and oxygen atoms in total. The van der Waals surface area contributed by atoms with Crippen molar-refractivity contribution in [2.45, 2.75) is 45.1 Å². The number of carboxylic acid groups (broad SMARTS) is 1. The van der Waals surface area contributed by atoms with E-state index in [4.69, 9.17) is 5.11 Å². The van der Waals surface area contributed by atoms with E-state index >= 15 is 0 Å². The number of hydrogen-bond acceptors (Lipinski definition) is 4. The lowest BCUT2D eigenvalue weighted by Gasteiger charge is -2.35. The number of hydrogen-bond donors (Lipinski definition) is 1. The van der Waals surface area contributed by atoms with E-state index < -0.39 is 22.1 Å². The van der Waals surface area contributed by atoms with Gasteiger partial charge in [-0.05, 0) is 30.9 Å². The van der Waals surface area contributed by atoms with E-state index in [2.05, 4.69) is 11.9 Å². The van der Waals surface area contributed by atoms with Gasteiger partial charge in [0.25, 0.3) is 10.2 Å². The third-order valence-corrected chi connectivity index (χ3v) is 6.83. The molecule has 1 unspecified atom stereocenters. The molecule has 0 bridgehead atoms. The molecule has 0 aliphatic carbocycles. The summed E-state index contributed by atoms with van der Waals surface area (Å²) in [5.74, 6) is -1.30. The Balaban J connectivity index is 2.16. The molecule has 1 aliphatic heterocycles. The van der Waals surface area contributed by atoms with Gasteiger partial charge in [-0.25, -0.2) is 0 Å². The van der Waals surface area contributed by atoms with E-state index in [9.17, 15) is 13.2 Å². The number of unbranched alkanes of at least 4 members (excludes halogenated alkanes) is 1. The first kappa shape index (κ1) is 19.8. The lowest BCUT2D eigenvalue weighted by Crippen LogP contribution is -2.47. The molecule has 0 radical (unpaired) electrons. The number of carbonyl (C=O) groups is 1. The summed E-state index contributed by atoms with van der Waals surface area (Å²) < 4.78 is 28.9. The van der Waals surface area contributed by atoms with Gasteiger partial charge in [-0.15, -0.1) is 0 Å². The van der Waals surface area contributed by atoms with Gasteiger partial charge in [-0.1, -0.05) is 25.8 Å². The Kier molecular flexibility index (Phi) is 6.92. The third kappa shape index (κ3) is 4.77. The van der Waals surface area contributed by atoms with Crippen LogP contribution in [0.3, 0.4) is 0 Å². The lowest BCUT2D eigenvalue weighted by molar-refractivity contribution is -0.142. The number of pyridine rings is 1. The van der Waals surface area contributed by atoms with Crippen molar-refractivity contribution in [1.82, 2.24) is 13.6 Å². The van der Waals surface area contributed by atoms with Gasteiger partial charge in [0.2, 0.25) is 0 Å². The summed E-state index contributed by atoms with van der Waals surface area (Å²) in [4.78, 5) is 15.2. The van der Waals surface area contributed by atoms with Crippen molar-refractivity contribution in [2.75, 3.05) is 20.1 Å². The topological polar surface area (TPSA) is 90.8 Å². The Morgan fingerprint density at radius 3 is 2.64 bits per heavy atom. The normalized spacial score (nSPS) is 18.4. The molecule has 1 aromatic rings. The molecule has 1 aliphatic rings. The van der Waals surface area contributed by atoms with E-state index in [0.717, 1.165) is 24.8 Å². The molecule has 1 aromatic heterocycles. The first-order chi connectivity index (χ1) is 11.9. The summed E-state index contributed by atoms with van der Waals surface area (Å²) in [5, 5.41) is 9.09. The molecule has 0 saturated carbocycles. The molecule has 25 heavy (non-hydrogen) atoms. The summed E-state index contributed by atoms with van der Waals surface area (Å²) in [6, 6.07) is 3.44. The zero-order chi connectivity index (χ0) is 18.4. The van der Waals surface area contributed by atoms with Crippen LogP contribution in [0.5, 0.6) is 0 Å². The maximum atomic E-state index is 13.0. The highest BCUT2D eigenvalue weighted by Crippen LogP contribution is 2.30. The van der Waals surface area contributed by atoms with E-state index in [0.29, 0.717) is 12.8 Å². The van der Waals surface area contributed by atoms with Crippen molar-refractivity contribution >= 4 is 16.2 Å². The van der Waals surface area contributed by atoms with Crippen LogP contribution in [0.2, 0.25) is 0 Å². The van der Waals surface area contributed by atoms with Crippen molar-refractivity contribution < 1.29 is 18.3 Å². The number of piperidine rings is 1. The highest BCUT2D eigenvalue weighted by Gasteiger charge is 2.36. The molecular weight excluding hydrogens is 342 g/mol. The molecule has 140 valence electrons. The van der Waals surface area contributed by atoms with Crippen LogP contribution >= 0.6 is 0 Å². The minimum Gasteiger partial charge on any atom is -0.481 e. The molecule has 2 heterocycles. The average Bonchev–Trinajstić information content (AvgIpc) is 2.62. The van der Waals surface area contributed by atoms with Gasteiger partial charge in [-0.3, -0.25) is 9.78 Å². The van der Waals surface area contributed by atoms with Crippen LogP contribution < -0.4 is 0 Å². The highest BCUT2D eigenvalue weighted by molar-refractivity contribution is 7.86. The van der Waals surface area contributed by atoms with Crippen molar-refractivity contribution in [3.63, 3.8) is 0 Å². The van der Waals surface area contributed by atoms with Crippen molar-refractivity contribution in [1.29, 1.82) is 0 Å². The van der Waals surface area contributed by atoms with Gasteiger partial charge >= 0.3 is 5.97 Å². The number of nitrogens with zero attached hydrogens (tertiary/aromatic N) is 3. The molecular formula is C17H27N3O4S. The predicted molar refractivity (Wildman–Crippen MR) is 95.1 cm³/mol. The zero-order valence-corrected chi connectivity index (χ0v) is 15.7. The molecule has 1 atom stereocenters. The molecule has 1 fully saturated rings. The Morgan fingerprint density at radius 1 is 1.44 bits per heavy atom. The number of aromatic nitrogens is 1. The summed E-state index contributed by atoms with van der Waals surface area (Å²) >= 11 is 0. The van der Waals surface area contributed by atoms with E-state index in [1.165, 1.54) is 8.61 Å². The summed E-state index contributed by atoms with van der Waals surface area (Å²) in [5.41, 5.74) is 0.877. The van der Waals surface area contributed by atoms with Crippen molar-refractivity contribution in [3.8, 4) is 0 Å². The first-order valence-corrected chi connectivity index (χ1v) is 10.1. The van der Waals surface area contributed by atoms with Gasteiger partial charge in [0.15, 0.2) is 0 Å². The van der Waals surface area contributed by atoms with Crippen LogP contribution in [0.15, 0.2) is 24.5 Å². The molecule has 0 aromatic carbocycles. The van der Waals surface area contributed by atoms with Gasteiger partial charge in [-0.2, -0.15) is 17.0 Å².